The third kappa shape index (κ3) is 4.47. The predicted octanol–water partition coefficient (Wildman–Crippen LogP) is 4.60. The van der Waals surface area contributed by atoms with Gasteiger partial charge in [0.05, 0.1) is 6.54 Å². The molecule has 2 aromatic rings. The molecule has 0 aliphatic heterocycles. The van der Waals surface area contributed by atoms with Crippen molar-refractivity contribution in [3.8, 4) is 11.3 Å². The lowest BCUT2D eigenvalue weighted by Gasteiger charge is -2.25. The van der Waals surface area contributed by atoms with E-state index in [4.69, 9.17) is 4.52 Å². The van der Waals surface area contributed by atoms with Crippen molar-refractivity contribution in [3.05, 3.63) is 41.1 Å². The van der Waals surface area contributed by atoms with Gasteiger partial charge in [0.25, 0.3) is 0 Å². The molecule has 0 unspecified atom stereocenters. The molecule has 0 bridgehead atoms. The molecule has 1 aromatic carbocycles. The molecular formula is C20H28N2O2. The van der Waals surface area contributed by atoms with Gasteiger partial charge in [-0.25, -0.2) is 0 Å². The number of nitrogens with zero attached hydrogens (tertiary/aromatic N) is 2. The molecule has 0 N–H and O–H groups in total. The minimum atomic E-state index is -0.0190. The summed E-state index contributed by atoms with van der Waals surface area (Å²) in [7, 11) is 0. The molecule has 0 saturated heterocycles. The van der Waals surface area contributed by atoms with Crippen LogP contribution in [0.2, 0.25) is 0 Å². The van der Waals surface area contributed by atoms with Gasteiger partial charge in [-0.15, -0.1) is 0 Å². The van der Waals surface area contributed by atoms with Gasteiger partial charge in [0, 0.05) is 24.1 Å². The van der Waals surface area contributed by atoms with Gasteiger partial charge in [0.1, 0.15) is 5.69 Å². The van der Waals surface area contributed by atoms with E-state index >= 15 is 0 Å². The lowest BCUT2D eigenvalue weighted by Crippen LogP contribution is -2.36. The summed E-state index contributed by atoms with van der Waals surface area (Å²) in [4.78, 5) is 14.3. The van der Waals surface area contributed by atoms with Crippen LogP contribution in [0.5, 0.6) is 0 Å². The summed E-state index contributed by atoms with van der Waals surface area (Å²) in [6.07, 6.45) is 0. The minimum Gasteiger partial charge on any atom is -0.356 e. The first-order valence-corrected chi connectivity index (χ1v) is 8.60. The lowest BCUT2D eigenvalue weighted by atomic mass is 10.0. The van der Waals surface area contributed by atoms with Gasteiger partial charge in [-0.05, 0) is 25.3 Å². The maximum Gasteiger partial charge on any atom is 0.225 e. The highest BCUT2D eigenvalue weighted by Gasteiger charge is 2.20. The van der Waals surface area contributed by atoms with E-state index < -0.39 is 0 Å². The van der Waals surface area contributed by atoms with E-state index in [1.54, 1.807) is 0 Å². The fraction of sp³-hybridized carbons (Fsp3) is 0.500. The van der Waals surface area contributed by atoms with Crippen LogP contribution in [-0.2, 0) is 11.3 Å². The third-order valence-corrected chi connectivity index (χ3v) is 3.95. The summed E-state index contributed by atoms with van der Waals surface area (Å²) in [6.45, 7) is 13.4. The number of aryl methyl sites for hydroxylation is 2. The van der Waals surface area contributed by atoms with Gasteiger partial charge in [-0.2, -0.15) is 0 Å². The summed E-state index contributed by atoms with van der Waals surface area (Å²) < 4.78 is 5.53. The number of carbonyl (C=O) groups is 1. The van der Waals surface area contributed by atoms with Gasteiger partial charge in [0.15, 0.2) is 5.76 Å². The van der Waals surface area contributed by atoms with E-state index in [0.717, 1.165) is 29.1 Å². The Morgan fingerprint density at radius 2 is 1.88 bits per heavy atom. The van der Waals surface area contributed by atoms with E-state index in [-0.39, 0.29) is 11.8 Å². The number of amides is 1. The number of benzene rings is 1. The molecule has 4 heteroatoms. The Kier molecular flexibility index (Phi) is 5.81. The van der Waals surface area contributed by atoms with Crippen molar-refractivity contribution in [1.29, 1.82) is 0 Å². The number of aromatic nitrogens is 1. The largest absolute Gasteiger partial charge is 0.356 e. The van der Waals surface area contributed by atoms with Gasteiger partial charge < -0.3 is 9.42 Å². The topological polar surface area (TPSA) is 46.3 Å². The number of hydrogen-bond donors (Lipinski definition) is 0. The Morgan fingerprint density at radius 3 is 2.46 bits per heavy atom. The van der Waals surface area contributed by atoms with Crippen LogP contribution >= 0.6 is 0 Å². The van der Waals surface area contributed by atoms with E-state index in [1.807, 2.05) is 24.8 Å². The average Bonchev–Trinajstić information content (AvgIpc) is 2.93. The molecule has 2 rings (SSSR count). The molecule has 1 amide bonds. The first-order chi connectivity index (χ1) is 11.3. The average molecular weight is 328 g/mol. The fourth-order valence-corrected chi connectivity index (χ4v) is 2.84. The molecule has 0 aliphatic rings. The van der Waals surface area contributed by atoms with Crippen LogP contribution in [0.3, 0.4) is 0 Å². The maximum absolute atomic E-state index is 12.4. The first-order valence-electron chi connectivity index (χ1n) is 8.60. The molecule has 130 valence electrons. The third-order valence-electron chi connectivity index (χ3n) is 3.95. The van der Waals surface area contributed by atoms with Crippen LogP contribution in [0.1, 0.15) is 44.5 Å². The van der Waals surface area contributed by atoms with Crippen molar-refractivity contribution in [3.63, 3.8) is 0 Å². The Labute approximate surface area is 144 Å². The van der Waals surface area contributed by atoms with Crippen LogP contribution in [0.4, 0.5) is 0 Å². The van der Waals surface area contributed by atoms with Crippen molar-refractivity contribution in [2.24, 2.45) is 11.8 Å². The van der Waals surface area contributed by atoms with Gasteiger partial charge >= 0.3 is 0 Å². The van der Waals surface area contributed by atoms with Gasteiger partial charge in [0.2, 0.25) is 5.91 Å². The van der Waals surface area contributed by atoms with Gasteiger partial charge in [-0.1, -0.05) is 56.6 Å². The van der Waals surface area contributed by atoms with Crippen molar-refractivity contribution in [2.75, 3.05) is 6.54 Å². The molecule has 1 aromatic heterocycles. The highest BCUT2D eigenvalue weighted by Crippen LogP contribution is 2.25. The second kappa shape index (κ2) is 7.65. The van der Waals surface area contributed by atoms with Crippen molar-refractivity contribution in [1.82, 2.24) is 10.1 Å². The van der Waals surface area contributed by atoms with Crippen LogP contribution in [-0.4, -0.2) is 22.5 Å². The van der Waals surface area contributed by atoms with Crippen molar-refractivity contribution >= 4 is 5.91 Å². The van der Waals surface area contributed by atoms with E-state index in [1.165, 1.54) is 5.56 Å². The predicted molar refractivity (Wildman–Crippen MR) is 96.5 cm³/mol. The fourth-order valence-electron chi connectivity index (χ4n) is 2.84. The molecule has 0 atom stereocenters. The maximum atomic E-state index is 12.4. The smallest absolute Gasteiger partial charge is 0.225 e. The summed E-state index contributed by atoms with van der Waals surface area (Å²) in [6, 6.07) is 8.20. The van der Waals surface area contributed by atoms with Gasteiger partial charge in [-0.3, -0.25) is 4.79 Å². The second-order valence-corrected chi connectivity index (χ2v) is 7.27. The molecule has 0 radical (unpaired) electrons. The second-order valence-electron chi connectivity index (χ2n) is 7.27. The summed E-state index contributed by atoms with van der Waals surface area (Å²) in [5.41, 5.74) is 4.22. The minimum absolute atomic E-state index is 0.0190. The summed E-state index contributed by atoms with van der Waals surface area (Å²) >= 11 is 0. The molecule has 0 aliphatic carbocycles. The monoisotopic (exact) mass is 328 g/mol. The van der Waals surface area contributed by atoms with Crippen LogP contribution in [0, 0.1) is 25.7 Å². The number of hydrogen-bond acceptors (Lipinski definition) is 3. The van der Waals surface area contributed by atoms with E-state index in [2.05, 4.69) is 51.1 Å². The first kappa shape index (κ1) is 18.2. The van der Waals surface area contributed by atoms with Crippen LogP contribution in [0.15, 0.2) is 28.8 Å². The zero-order valence-corrected chi connectivity index (χ0v) is 15.6. The quantitative estimate of drug-likeness (QED) is 0.778. The normalized spacial score (nSPS) is 11.3. The molecule has 0 saturated carbocycles. The van der Waals surface area contributed by atoms with E-state index in [0.29, 0.717) is 12.5 Å². The highest BCUT2D eigenvalue weighted by molar-refractivity contribution is 5.78. The van der Waals surface area contributed by atoms with E-state index in [9.17, 15) is 4.79 Å². The zero-order chi connectivity index (χ0) is 17.9. The Morgan fingerprint density at radius 1 is 1.17 bits per heavy atom. The lowest BCUT2D eigenvalue weighted by molar-refractivity contribution is -0.135. The zero-order valence-electron chi connectivity index (χ0n) is 15.6. The molecule has 1 heterocycles. The number of carbonyl (C=O) groups excluding carboxylic acids is 1. The highest BCUT2D eigenvalue weighted by atomic mass is 16.5. The molecule has 4 nitrogen and oxygen atoms in total. The van der Waals surface area contributed by atoms with Crippen molar-refractivity contribution < 1.29 is 9.32 Å². The Bertz CT molecular complexity index is 701. The standard InChI is InChI=1S/C20H28N2O2/c1-13(2)11-22(20(23)14(3)4)12-17-10-19(24-21-17)18-8-7-15(5)9-16(18)6/h7-10,13-14H,11-12H2,1-6H3. The van der Waals surface area contributed by atoms with Crippen LogP contribution < -0.4 is 0 Å². The molecule has 0 spiro atoms. The molecule has 24 heavy (non-hydrogen) atoms. The summed E-state index contributed by atoms with van der Waals surface area (Å²) in [5, 5.41) is 4.18. The van der Waals surface area contributed by atoms with Crippen molar-refractivity contribution in [2.45, 2.75) is 48.1 Å². The van der Waals surface area contributed by atoms with Crippen LogP contribution in [0.25, 0.3) is 11.3 Å². The SMILES string of the molecule is Cc1ccc(-c2cc(CN(CC(C)C)C(=O)C(C)C)no2)c(C)c1. The summed E-state index contributed by atoms with van der Waals surface area (Å²) in [5.74, 6) is 1.30. The molecular weight excluding hydrogens is 300 g/mol. The Hall–Kier alpha value is -2.10. The Balaban J connectivity index is 2.20. The molecule has 0 fully saturated rings. The number of rotatable bonds is 6.